The van der Waals surface area contributed by atoms with E-state index in [0.29, 0.717) is 17.2 Å². The number of furan rings is 1. The molecule has 0 amide bonds. The van der Waals surface area contributed by atoms with Crippen LogP contribution in [0.3, 0.4) is 0 Å². The zero-order valence-electron chi connectivity index (χ0n) is 8.04. The third-order valence-corrected chi connectivity index (χ3v) is 2.13. The maximum Gasteiger partial charge on any atom is 0.276 e. The molecule has 3 N–H and O–H groups in total. The quantitative estimate of drug-likeness (QED) is 0.608. The first-order valence-corrected chi connectivity index (χ1v) is 4.53. The van der Waals surface area contributed by atoms with E-state index >= 15 is 0 Å². The van der Waals surface area contributed by atoms with E-state index in [0.717, 1.165) is 0 Å². The number of H-pyrrole nitrogens is 1. The van der Waals surface area contributed by atoms with Gasteiger partial charge in [-0.2, -0.15) is 4.98 Å². The van der Waals surface area contributed by atoms with Gasteiger partial charge in [0.25, 0.3) is 5.56 Å². The Balaban J connectivity index is 2.31. The van der Waals surface area contributed by atoms with E-state index in [9.17, 15) is 4.79 Å². The van der Waals surface area contributed by atoms with E-state index in [2.05, 4.69) is 15.1 Å². The van der Waals surface area contributed by atoms with E-state index in [1.807, 2.05) is 0 Å². The average Bonchev–Trinajstić information content (AvgIpc) is 2.82. The van der Waals surface area contributed by atoms with Crippen LogP contribution in [0, 0.1) is 0 Å². The third kappa shape index (κ3) is 1.18. The van der Waals surface area contributed by atoms with Gasteiger partial charge in [0.15, 0.2) is 17.2 Å². The number of nitrogens with two attached hydrogens (primary N) is 1. The molecule has 0 aromatic carbocycles. The Labute approximate surface area is 88.5 Å². The molecule has 0 aliphatic rings. The van der Waals surface area contributed by atoms with Crippen LogP contribution in [0.4, 0.5) is 5.95 Å². The second-order valence-corrected chi connectivity index (χ2v) is 3.20. The van der Waals surface area contributed by atoms with Gasteiger partial charge < -0.3 is 10.2 Å². The number of aromatic nitrogens is 4. The van der Waals surface area contributed by atoms with Gasteiger partial charge in [-0.3, -0.25) is 9.89 Å². The van der Waals surface area contributed by atoms with Crippen molar-refractivity contribution in [3.05, 3.63) is 34.8 Å². The molecule has 0 spiro atoms. The zero-order valence-corrected chi connectivity index (χ0v) is 8.04. The number of fused-ring (bicyclic) bond motifs is 1. The molecule has 3 aromatic heterocycles. The van der Waals surface area contributed by atoms with Crippen LogP contribution in [0.25, 0.3) is 17.2 Å². The second kappa shape index (κ2) is 2.96. The van der Waals surface area contributed by atoms with E-state index in [-0.39, 0.29) is 5.95 Å². The van der Waals surface area contributed by atoms with Crippen molar-refractivity contribution < 1.29 is 4.42 Å². The molecule has 0 saturated heterocycles. The smallest absolute Gasteiger partial charge is 0.276 e. The summed E-state index contributed by atoms with van der Waals surface area (Å²) < 4.78 is 6.59. The summed E-state index contributed by atoms with van der Waals surface area (Å²) in [5, 5.41) is 2.88. The molecular weight excluding hydrogens is 210 g/mol. The highest BCUT2D eigenvalue weighted by Gasteiger charge is 2.09. The molecule has 0 unspecified atom stereocenters. The van der Waals surface area contributed by atoms with Gasteiger partial charge in [-0.05, 0) is 12.1 Å². The number of nitrogens with one attached hydrogen (secondary N) is 1. The molecule has 0 aliphatic heterocycles. The number of nitrogen functional groups attached to an aromatic ring is 1. The first kappa shape index (κ1) is 8.72. The lowest BCUT2D eigenvalue weighted by atomic mass is 10.4. The predicted molar refractivity (Wildman–Crippen MR) is 55.7 cm³/mol. The van der Waals surface area contributed by atoms with Gasteiger partial charge in [0, 0.05) is 0 Å². The van der Waals surface area contributed by atoms with Gasteiger partial charge in [0.2, 0.25) is 5.95 Å². The lowest BCUT2D eigenvalue weighted by molar-refractivity contribution is 0.577. The molecule has 0 saturated carbocycles. The Kier molecular flexibility index (Phi) is 1.61. The Bertz CT molecular complexity index is 694. The molecule has 0 radical (unpaired) electrons. The van der Waals surface area contributed by atoms with Crippen molar-refractivity contribution in [1.29, 1.82) is 0 Å². The summed E-state index contributed by atoms with van der Waals surface area (Å²) in [5.41, 5.74) is 5.56. The molecule has 80 valence electrons. The summed E-state index contributed by atoms with van der Waals surface area (Å²) in [5.74, 6) is 1.12. The maximum absolute atomic E-state index is 11.1. The SMILES string of the molecule is Nc1nc(=O)cc2nc(-c3ccco3)[nH]n12. The number of nitrogens with zero attached hydrogens (tertiary/aromatic N) is 3. The van der Waals surface area contributed by atoms with Crippen molar-refractivity contribution in [1.82, 2.24) is 19.6 Å². The van der Waals surface area contributed by atoms with Crippen molar-refractivity contribution in [2.75, 3.05) is 5.73 Å². The summed E-state index contributed by atoms with van der Waals surface area (Å²) in [4.78, 5) is 18.9. The summed E-state index contributed by atoms with van der Waals surface area (Å²) in [6.07, 6.45) is 1.54. The Morgan fingerprint density at radius 3 is 3.06 bits per heavy atom. The summed E-state index contributed by atoms with van der Waals surface area (Å²) >= 11 is 0. The molecule has 0 bridgehead atoms. The van der Waals surface area contributed by atoms with Crippen molar-refractivity contribution >= 4 is 11.6 Å². The normalized spacial score (nSPS) is 11.0. The average molecular weight is 217 g/mol. The number of hydrogen-bond donors (Lipinski definition) is 2. The molecule has 3 heterocycles. The molecule has 16 heavy (non-hydrogen) atoms. The van der Waals surface area contributed by atoms with Crippen molar-refractivity contribution in [2.24, 2.45) is 0 Å². The van der Waals surface area contributed by atoms with Crippen LogP contribution < -0.4 is 11.3 Å². The molecule has 0 aliphatic carbocycles. The Morgan fingerprint density at radius 1 is 1.44 bits per heavy atom. The fourth-order valence-corrected chi connectivity index (χ4v) is 1.45. The van der Waals surface area contributed by atoms with Gasteiger partial charge in [-0.1, -0.05) is 0 Å². The highest BCUT2D eigenvalue weighted by atomic mass is 16.3. The standard InChI is InChI=1S/C9H7N5O2/c10-9-12-7(15)4-6-11-8(13-14(6)9)5-2-1-3-16-5/h1-4H,(H,11,13)(H2,10,12,15). The molecule has 3 rings (SSSR count). The minimum atomic E-state index is -0.421. The lowest BCUT2D eigenvalue weighted by Crippen LogP contribution is -2.12. The van der Waals surface area contributed by atoms with E-state index < -0.39 is 5.56 Å². The number of rotatable bonds is 1. The zero-order chi connectivity index (χ0) is 11.1. The summed E-state index contributed by atoms with van der Waals surface area (Å²) in [6, 6.07) is 4.78. The van der Waals surface area contributed by atoms with Gasteiger partial charge >= 0.3 is 0 Å². The van der Waals surface area contributed by atoms with Crippen molar-refractivity contribution in [3.63, 3.8) is 0 Å². The minimum Gasteiger partial charge on any atom is -0.461 e. The molecule has 3 aromatic rings. The predicted octanol–water partition coefficient (Wildman–Crippen LogP) is 0.260. The van der Waals surface area contributed by atoms with Gasteiger partial charge in [-0.15, -0.1) is 0 Å². The monoisotopic (exact) mass is 217 g/mol. The first-order valence-electron chi connectivity index (χ1n) is 4.53. The maximum atomic E-state index is 11.1. The fourth-order valence-electron chi connectivity index (χ4n) is 1.45. The molecule has 0 fully saturated rings. The van der Waals surface area contributed by atoms with E-state index in [1.165, 1.54) is 16.8 Å². The summed E-state index contributed by atoms with van der Waals surface area (Å²) in [6.45, 7) is 0. The third-order valence-electron chi connectivity index (χ3n) is 2.13. The minimum absolute atomic E-state index is 0.0628. The Hall–Kier alpha value is -2.57. The number of anilines is 1. The van der Waals surface area contributed by atoms with Crippen LogP contribution in [0.2, 0.25) is 0 Å². The molecule has 0 atom stereocenters. The lowest BCUT2D eigenvalue weighted by Gasteiger charge is -1.93. The number of hydrogen-bond acceptors (Lipinski definition) is 5. The molecule has 7 nitrogen and oxygen atoms in total. The van der Waals surface area contributed by atoms with Gasteiger partial charge in [-0.25, -0.2) is 9.50 Å². The Morgan fingerprint density at radius 2 is 2.31 bits per heavy atom. The van der Waals surface area contributed by atoms with Gasteiger partial charge in [0.1, 0.15) is 0 Å². The van der Waals surface area contributed by atoms with Crippen LogP contribution in [-0.2, 0) is 0 Å². The summed E-state index contributed by atoms with van der Waals surface area (Å²) in [7, 11) is 0. The first-order chi connectivity index (χ1) is 7.74. The van der Waals surface area contributed by atoms with E-state index in [1.54, 1.807) is 12.1 Å². The number of aromatic amines is 1. The van der Waals surface area contributed by atoms with Crippen molar-refractivity contribution in [2.45, 2.75) is 0 Å². The highest BCUT2D eigenvalue weighted by Crippen LogP contribution is 2.16. The largest absolute Gasteiger partial charge is 0.461 e. The fraction of sp³-hybridized carbons (Fsp3) is 0. The van der Waals surface area contributed by atoms with Crippen LogP contribution >= 0.6 is 0 Å². The second-order valence-electron chi connectivity index (χ2n) is 3.20. The van der Waals surface area contributed by atoms with Crippen LogP contribution in [-0.4, -0.2) is 19.6 Å². The van der Waals surface area contributed by atoms with E-state index in [4.69, 9.17) is 10.2 Å². The highest BCUT2D eigenvalue weighted by molar-refractivity contribution is 5.53. The van der Waals surface area contributed by atoms with Crippen LogP contribution in [0.5, 0.6) is 0 Å². The van der Waals surface area contributed by atoms with Gasteiger partial charge in [0.05, 0.1) is 12.3 Å². The van der Waals surface area contributed by atoms with Crippen LogP contribution in [0.15, 0.2) is 33.7 Å². The topological polar surface area (TPSA) is 102 Å². The molecule has 7 heteroatoms. The van der Waals surface area contributed by atoms with Crippen LogP contribution in [0.1, 0.15) is 0 Å². The molecular formula is C9H7N5O2. The van der Waals surface area contributed by atoms with Crippen molar-refractivity contribution in [3.8, 4) is 11.6 Å².